The molecule has 0 N–H and O–H groups in total. The fourth-order valence-electron chi connectivity index (χ4n) is 11.4. The first-order valence-electron chi connectivity index (χ1n) is 15.6. The van der Waals surface area contributed by atoms with Crippen LogP contribution in [0.15, 0.2) is 16.1 Å². The van der Waals surface area contributed by atoms with Crippen LogP contribution in [0, 0.1) is 52.8 Å². The third kappa shape index (κ3) is 3.28. The number of hydrogen-bond donors (Lipinski definition) is 0. The van der Waals surface area contributed by atoms with E-state index in [2.05, 4.69) is 13.8 Å². The van der Waals surface area contributed by atoms with Crippen molar-refractivity contribution in [3.8, 4) is 0 Å². The lowest BCUT2D eigenvalue weighted by atomic mass is 9.50. The molecule has 0 saturated heterocycles. The summed E-state index contributed by atoms with van der Waals surface area (Å²) in [7, 11) is 6.83. The van der Waals surface area contributed by atoms with E-state index in [1.807, 2.05) is 11.1 Å². The monoisotopic (exact) mass is 457 g/mol. The molecule has 2 radical (unpaired) electrons. The summed E-state index contributed by atoms with van der Waals surface area (Å²) >= 11 is 0. The van der Waals surface area contributed by atoms with E-state index in [0.717, 1.165) is 47.3 Å². The first kappa shape index (κ1) is 22.7. The average molecular weight is 458 g/mol. The number of hydrogen-bond acceptors (Lipinski definition) is 1. The average Bonchev–Trinajstić information content (AvgIpc) is 3.10. The molecule has 10 unspecified atom stereocenters. The van der Waals surface area contributed by atoms with Crippen LogP contribution in [-0.4, -0.2) is 19.6 Å². The number of fused-ring (bicyclic) bond motifs is 7. The Balaban J connectivity index is 1.40. The second-order valence-electron chi connectivity index (χ2n) is 14.4. The van der Waals surface area contributed by atoms with Gasteiger partial charge in [-0.15, -0.1) is 0 Å². The topological polar surface area (TPSA) is 12.4 Å². The summed E-state index contributed by atoms with van der Waals surface area (Å²) in [6.45, 7) is 5.31. The predicted octanol–water partition coefficient (Wildman–Crippen LogP) is 8.34. The second-order valence-corrected chi connectivity index (χ2v) is 14.4. The largest absolute Gasteiger partial charge is 0.285 e. The molecule has 34 heavy (non-hydrogen) atoms. The van der Waals surface area contributed by atoms with Gasteiger partial charge in [-0.2, -0.15) is 0 Å². The van der Waals surface area contributed by atoms with Crippen molar-refractivity contribution < 1.29 is 0 Å². The molecule has 1 nitrogen and oxygen atoms in total. The molecular formula is C32H48BN. The molecule has 0 aromatic rings. The minimum absolute atomic E-state index is 0.329. The maximum atomic E-state index is 6.83. The fraction of sp³-hybridized carbons (Fsp3) is 0.906. The van der Waals surface area contributed by atoms with Crippen LogP contribution >= 0.6 is 0 Å². The molecule has 6 saturated carbocycles. The summed E-state index contributed by atoms with van der Waals surface area (Å²) in [5.74, 6) is 7.25. The smallest absolute Gasteiger partial charge is 0.0703 e. The zero-order valence-electron chi connectivity index (χ0n) is 22.1. The molecule has 7 aliphatic rings. The third-order valence-electron chi connectivity index (χ3n) is 12.7. The molecule has 2 heteroatoms. The highest BCUT2D eigenvalue weighted by Gasteiger charge is 2.58. The van der Waals surface area contributed by atoms with Gasteiger partial charge in [0.2, 0.25) is 0 Å². The van der Waals surface area contributed by atoms with Gasteiger partial charge in [-0.1, -0.05) is 83.0 Å². The SMILES string of the molecule is [B]C1CCC(C2=C3C(=NC4CCC5CCCCC5C24)C2CCCCC2C3(C)C)C2CCCCC12. The lowest BCUT2D eigenvalue weighted by Gasteiger charge is -2.54. The highest BCUT2D eigenvalue weighted by Crippen LogP contribution is 2.64. The zero-order chi connectivity index (χ0) is 23.0. The first-order chi connectivity index (χ1) is 16.6. The van der Waals surface area contributed by atoms with Gasteiger partial charge < -0.3 is 0 Å². The molecule has 0 spiro atoms. The van der Waals surface area contributed by atoms with Gasteiger partial charge in [0.25, 0.3) is 0 Å². The summed E-state index contributed by atoms with van der Waals surface area (Å²) < 4.78 is 0. The van der Waals surface area contributed by atoms with Crippen molar-refractivity contribution in [1.29, 1.82) is 0 Å². The maximum Gasteiger partial charge on any atom is 0.0703 e. The Morgan fingerprint density at radius 3 is 2.24 bits per heavy atom. The number of nitrogens with zero attached hydrogens (tertiary/aromatic N) is 1. The summed E-state index contributed by atoms with van der Waals surface area (Å²) in [5, 5.41) is 0. The van der Waals surface area contributed by atoms with Crippen LogP contribution in [0.3, 0.4) is 0 Å². The predicted molar refractivity (Wildman–Crippen MR) is 143 cm³/mol. The molecular weight excluding hydrogens is 409 g/mol. The summed E-state index contributed by atoms with van der Waals surface area (Å²) in [4.78, 5) is 5.83. The highest BCUT2D eigenvalue weighted by atomic mass is 14.9. The summed E-state index contributed by atoms with van der Waals surface area (Å²) in [6, 6.07) is 0.613. The summed E-state index contributed by atoms with van der Waals surface area (Å²) in [5.41, 5.74) is 5.86. The van der Waals surface area contributed by atoms with E-state index in [1.54, 1.807) is 5.71 Å². The van der Waals surface area contributed by atoms with Crippen LogP contribution in [0.2, 0.25) is 5.82 Å². The number of rotatable bonds is 1. The molecule has 0 bridgehead atoms. The van der Waals surface area contributed by atoms with Crippen molar-refractivity contribution in [3.63, 3.8) is 0 Å². The Morgan fingerprint density at radius 2 is 1.38 bits per heavy atom. The molecule has 0 aromatic carbocycles. The van der Waals surface area contributed by atoms with E-state index in [4.69, 9.17) is 12.8 Å². The number of allylic oxidation sites excluding steroid dienone is 1. The molecule has 6 fully saturated rings. The van der Waals surface area contributed by atoms with E-state index < -0.39 is 0 Å². The molecule has 184 valence electrons. The van der Waals surface area contributed by atoms with Gasteiger partial charge in [-0.3, -0.25) is 4.99 Å². The Labute approximate surface area is 210 Å². The quantitative estimate of drug-likeness (QED) is 0.351. The standard InChI is InChI=1S/C32H48BN/c1-32(2)25-14-8-7-13-24(25)31-30(32)29(23-16-17-26(33)22-12-6-5-11-21(22)23)28-20-10-4-3-9-19(20)15-18-27(28)34-31/h19-28H,3-18H2,1-2H3. The Kier molecular flexibility index (Phi) is 5.67. The lowest BCUT2D eigenvalue weighted by molar-refractivity contribution is 0.0694. The normalized spacial score (nSPS) is 49.8. The molecule has 10 atom stereocenters. The van der Waals surface area contributed by atoms with Crippen molar-refractivity contribution in [3.05, 3.63) is 11.1 Å². The van der Waals surface area contributed by atoms with E-state index >= 15 is 0 Å². The highest BCUT2D eigenvalue weighted by molar-refractivity contribution is 6.12. The Morgan fingerprint density at radius 1 is 0.676 bits per heavy atom. The Bertz CT molecular complexity index is 868. The van der Waals surface area contributed by atoms with E-state index in [1.165, 1.54) is 103 Å². The van der Waals surface area contributed by atoms with Crippen LogP contribution in [0.25, 0.3) is 0 Å². The van der Waals surface area contributed by atoms with Gasteiger partial charge in [0.15, 0.2) is 0 Å². The van der Waals surface area contributed by atoms with E-state index in [0.29, 0.717) is 17.3 Å². The minimum atomic E-state index is 0.329. The Hall–Kier alpha value is -0.525. The maximum absolute atomic E-state index is 6.83. The third-order valence-corrected chi connectivity index (χ3v) is 12.7. The van der Waals surface area contributed by atoms with Crippen molar-refractivity contribution in [2.75, 3.05) is 0 Å². The van der Waals surface area contributed by atoms with Gasteiger partial charge >= 0.3 is 0 Å². The molecule has 0 aromatic heterocycles. The van der Waals surface area contributed by atoms with Crippen molar-refractivity contribution in [2.24, 2.45) is 57.8 Å². The fourth-order valence-corrected chi connectivity index (χ4v) is 11.4. The zero-order valence-corrected chi connectivity index (χ0v) is 22.1. The van der Waals surface area contributed by atoms with Crippen LogP contribution in [-0.2, 0) is 0 Å². The molecule has 1 heterocycles. The summed E-state index contributed by atoms with van der Waals surface area (Å²) in [6.07, 6.45) is 22.9. The van der Waals surface area contributed by atoms with Gasteiger partial charge in [0.05, 0.1) is 13.9 Å². The van der Waals surface area contributed by atoms with Crippen molar-refractivity contribution in [1.82, 2.24) is 0 Å². The van der Waals surface area contributed by atoms with E-state index in [9.17, 15) is 0 Å². The van der Waals surface area contributed by atoms with Gasteiger partial charge in [0, 0.05) is 17.5 Å². The van der Waals surface area contributed by atoms with E-state index in [-0.39, 0.29) is 0 Å². The van der Waals surface area contributed by atoms with Gasteiger partial charge in [-0.05, 0) is 91.4 Å². The molecule has 6 aliphatic carbocycles. The molecule has 1 aliphatic heterocycles. The van der Waals surface area contributed by atoms with Crippen LogP contribution in [0.1, 0.15) is 117 Å². The molecule has 0 amide bonds. The van der Waals surface area contributed by atoms with Crippen molar-refractivity contribution >= 4 is 13.6 Å². The lowest BCUT2D eigenvalue weighted by Crippen LogP contribution is -2.47. The van der Waals surface area contributed by atoms with Gasteiger partial charge in [-0.25, -0.2) is 0 Å². The van der Waals surface area contributed by atoms with Gasteiger partial charge in [0.1, 0.15) is 0 Å². The minimum Gasteiger partial charge on any atom is -0.285 e. The number of dihydropyridines is 1. The first-order valence-corrected chi connectivity index (χ1v) is 15.6. The van der Waals surface area contributed by atoms with Crippen molar-refractivity contribution in [2.45, 2.75) is 128 Å². The van der Waals surface area contributed by atoms with Crippen LogP contribution in [0.5, 0.6) is 0 Å². The van der Waals surface area contributed by atoms with Crippen LogP contribution in [0.4, 0.5) is 0 Å². The number of aliphatic imine (C=N–C) groups is 1. The van der Waals surface area contributed by atoms with Crippen LogP contribution < -0.4 is 0 Å². The molecule has 7 rings (SSSR count). The second kappa shape index (κ2) is 8.51.